The van der Waals surface area contributed by atoms with Crippen molar-refractivity contribution in [3.8, 4) is 6.19 Å². The summed E-state index contributed by atoms with van der Waals surface area (Å²) in [6, 6.07) is 0. The van der Waals surface area contributed by atoms with Crippen LogP contribution in [0.5, 0.6) is 0 Å². The number of amides is 1. The molecule has 1 heterocycles. The van der Waals surface area contributed by atoms with Gasteiger partial charge in [-0.15, -0.1) is 11.3 Å². The van der Waals surface area contributed by atoms with Crippen LogP contribution in [0.25, 0.3) is 0 Å². The van der Waals surface area contributed by atoms with Crippen LogP contribution in [-0.4, -0.2) is 10.9 Å². The van der Waals surface area contributed by atoms with Gasteiger partial charge < -0.3 is 5.73 Å². The zero-order chi connectivity index (χ0) is 8.27. The molecule has 0 bridgehead atoms. The van der Waals surface area contributed by atoms with E-state index in [2.05, 4.69) is 4.98 Å². The molecule has 5 nitrogen and oxygen atoms in total. The standard InChI is InChI=1S/C5H4N4OS/c6-2-8-4(10)3-1-11-5(7)9-3/h1H,(H2,7,9)(H,8,10). The van der Waals surface area contributed by atoms with E-state index in [0.29, 0.717) is 5.13 Å². The Labute approximate surface area is 66.5 Å². The van der Waals surface area contributed by atoms with Crippen LogP contribution in [0, 0.1) is 11.5 Å². The summed E-state index contributed by atoms with van der Waals surface area (Å²) in [5.41, 5.74) is 5.43. The van der Waals surface area contributed by atoms with E-state index in [9.17, 15) is 4.79 Å². The molecule has 0 saturated carbocycles. The highest BCUT2D eigenvalue weighted by atomic mass is 32.1. The summed E-state index contributed by atoms with van der Waals surface area (Å²) in [4.78, 5) is 14.5. The predicted molar refractivity (Wildman–Crippen MR) is 39.6 cm³/mol. The Balaban J connectivity index is 2.78. The summed E-state index contributed by atoms with van der Waals surface area (Å²) in [6.07, 6.45) is 1.50. The van der Waals surface area contributed by atoms with Gasteiger partial charge in [-0.1, -0.05) is 0 Å². The Kier molecular flexibility index (Phi) is 2.03. The van der Waals surface area contributed by atoms with Crippen molar-refractivity contribution >= 4 is 22.4 Å². The lowest BCUT2D eigenvalue weighted by atomic mass is 10.5. The lowest BCUT2D eigenvalue weighted by Gasteiger charge is -1.87. The molecule has 0 spiro atoms. The maximum Gasteiger partial charge on any atom is 0.283 e. The molecule has 0 saturated heterocycles. The highest BCUT2D eigenvalue weighted by molar-refractivity contribution is 7.13. The number of nitriles is 1. The summed E-state index contributed by atoms with van der Waals surface area (Å²) in [7, 11) is 0. The first kappa shape index (κ1) is 7.50. The molecule has 0 fully saturated rings. The molecule has 1 rings (SSSR count). The van der Waals surface area contributed by atoms with Crippen LogP contribution >= 0.6 is 11.3 Å². The van der Waals surface area contributed by atoms with Crippen molar-refractivity contribution in [2.75, 3.05) is 5.73 Å². The number of thiazole rings is 1. The van der Waals surface area contributed by atoms with Crippen molar-refractivity contribution < 1.29 is 4.79 Å². The van der Waals surface area contributed by atoms with Crippen molar-refractivity contribution in [1.82, 2.24) is 10.3 Å². The summed E-state index contributed by atoms with van der Waals surface area (Å²) in [6.45, 7) is 0. The number of nitrogens with zero attached hydrogens (tertiary/aromatic N) is 2. The third kappa shape index (κ3) is 1.65. The molecule has 0 radical (unpaired) electrons. The van der Waals surface area contributed by atoms with Gasteiger partial charge in [-0.05, 0) is 0 Å². The van der Waals surface area contributed by atoms with Gasteiger partial charge in [-0.25, -0.2) is 4.98 Å². The van der Waals surface area contributed by atoms with Crippen LogP contribution in [0.1, 0.15) is 10.5 Å². The van der Waals surface area contributed by atoms with Crippen molar-refractivity contribution in [3.05, 3.63) is 11.1 Å². The fraction of sp³-hybridized carbons (Fsp3) is 0. The van der Waals surface area contributed by atoms with Crippen LogP contribution in [0.4, 0.5) is 5.13 Å². The molecule has 1 aromatic rings. The number of rotatable bonds is 1. The first-order chi connectivity index (χ1) is 5.24. The van der Waals surface area contributed by atoms with E-state index < -0.39 is 5.91 Å². The summed E-state index contributed by atoms with van der Waals surface area (Å²) in [5, 5.41) is 11.8. The zero-order valence-corrected chi connectivity index (χ0v) is 6.18. The van der Waals surface area contributed by atoms with Gasteiger partial charge in [0, 0.05) is 5.38 Å². The second kappa shape index (κ2) is 2.98. The van der Waals surface area contributed by atoms with Gasteiger partial charge in [-0.2, -0.15) is 5.26 Å². The van der Waals surface area contributed by atoms with Gasteiger partial charge >= 0.3 is 0 Å². The Hall–Kier alpha value is -1.61. The SMILES string of the molecule is N#CNC(=O)c1csc(N)n1. The lowest BCUT2D eigenvalue weighted by Crippen LogP contribution is -2.17. The predicted octanol–water partition coefficient (Wildman–Crippen LogP) is -0.0638. The van der Waals surface area contributed by atoms with Gasteiger partial charge in [0.05, 0.1) is 0 Å². The Morgan fingerprint density at radius 2 is 2.64 bits per heavy atom. The summed E-state index contributed by atoms with van der Waals surface area (Å²) < 4.78 is 0. The average molecular weight is 168 g/mol. The minimum atomic E-state index is -0.527. The van der Waals surface area contributed by atoms with E-state index in [1.807, 2.05) is 5.32 Å². The number of nitrogens with two attached hydrogens (primary N) is 1. The van der Waals surface area contributed by atoms with Gasteiger partial charge in [0.25, 0.3) is 5.91 Å². The smallest absolute Gasteiger partial charge is 0.283 e. The van der Waals surface area contributed by atoms with Gasteiger partial charge in [0.2, 0.25) is 0 Å². The van der Waals surface area contributed by atoms with Crippen LogP contribution in [0.2, 0.25) is 0 Å². The normalized spacial score (nSPS) is 8.64. The number of carbonyl (C=O) groups excluding carboxylic acids is 1. The number of nitrogen functional groups attached to an aromatic ring is 1. The fourth-order valence-corrected chi connectivity index (χ4v) is 1.05. The van der Waals surface area contributed by atoms with Crippen molar-refractivity contribution in [1.29, 1.82) is 5.26 Å². The molecule has 3 N–H and O–H groups in total. The average Bonchev–Trinajstić information content (AvgIpc) is 2.36. The molecule has 0 aromatic carbocycles. The summed E-state index contributed by atoms with van der Waals surface area (Å²) in [5.74, 6) is -0.527. The van der Waals surface area contributed by atoms with E-state index in [1.165, 1.54) is 11.6 Å². The second-order valence-electron chi connectivity index (χ2n) is 1.64. The van der Waals surface area contributed by atoms with Gasteiger partial charge in [0.1, 0.15) is 5.69 Å². The third-order valence-corrected chi connectivity index (χ3v) is 1.60. The number of hydrogen-bond acceptors (Lipinski definition) is 5. The maximum atomic E-state index is 10.8. The number of carbonyl (C=O) groups is 1. The Morgan fingerprint density at radius 1 is 1.91 bits per heavy atom. The molecule has 1 aromatic heterocycles. The van der Waals surface area contributed by atoms with Crippen LogP contribution in [-0.2, 0) is 0 Å². The number of aromatic nitrogens is 1. The largest absolute Gasteiger partial charge is 0.375 e. The molecule has 0 atom stereocenters. The van der Waals surface area contributed by atoms with Gasteiger partial charge in [0.15, 0.2) is 11.3 Å². The van der Waals surface area contributed by atoms with Crippen molar-refractivity contribution in [3.63, 3.8) is 0 Å². The Morgan fingerprint density at radius 3 is 3.09 bits per heavy atom. The minimum absolute atomic E-state index is 0.175. The monoisotopic (exact) mass is 168 g/mol. The molecular weight excluding hydrogens is 164 g/mol. The van der Waals surface area contributed by atoms with Crippen LogP contribution < -0.4 is 11.1 Å². The maximum absolute atomic E-state index is 10.8. The molecule has 0 aliphatic carbocycles. The van der Waals surface area contributed by atoms with E-state index in [1.54, 1.807) is 0 Å². The lowest BCUT2D eigenvalue weighted by molar-refractivity contribution is 0.0969. The summed E-state index contributed by atoms with van der Waals surface area (Å²) >= 11 is 1.16. The van der Waals surface area contributed by atoms with Crippen molar-refractivity contribution in [2.24, 2.45) is 0 Å². The first-order valence-electron chi connectivity index (χ1n) is 2.64. The molecule has 56 valence electrons. The molecule has 0 aliphatic heterocycles. The number of hydrogen-bond donors (Lipinski definition) is 2. The molecular formula is C5H4N4OS. The second-order valence-corrected chi connectivity index (χ2v) is 2.53. The van der Waals surface area contributed by atoms with E-state index in [4.69, 9.17) is 11.0 Å². The van der Waals surface area contributed by atoms with Gasteiger partial charge in [-0.3, -0.25) is 10.1 Å². The zero-order valence-electron chi connectivity index (χ0n) is 5.37. The fourth-order valence-electron chi connectivity index (χ4n) is 0.507. The van der Waals surface area contributed by atoms with Crippen LogP contribution in [0.15, 0.2) is 5.38 Å². The van der Waals surface area contributed by atoms with Crippen molar-refractivity contribution in [2.45, 2.75) is 0 Å². The molecule has 6 heteroatoms. The molecule has 0 aliphatic rings. The quantitative estimate of drug-likeness (QED) is 0.453. The Bertz CT molecular complexity index is 313. The number of nitrogens with one attached hydrogen (secondary N) is 1. The highest BCUT2D eigenvalue weighted by Crippen LogP contribution is 2.10. The third-order valence-electron chi connectivity index (χ3n) is 0.924. The first-order valence-corrected chi connectivity index (χ1v) is 3.52. The molecule has 11 heavy (non-hydrogen) atoms. The minimum Gasteiger partial charge on any atom is -0.375 e. The molecule has 0 unspecified atom stereocenters. The van der Waals surface area contributed by atoms with E-state index >= 15 is 0 Å². The molecule has 1 amide bonds. The topological polar surface area (TPSA) is 91.8 Å². The van der Waals surface area contributed by atoms with Crippen LogP contribution in [0.3, 0.4) is 0 Å². The van der Waals surface area contributed by atoms with E-state index in [-0.39, 0.29) is 5.69 Å². The van der Waals surface area contributed by atoms with E-state index in [0.717, 1.165) is 11.3 Å². The number of anilines is 1. The highest BCUT2D eigenvalue weighted by Gasteiger charge is 2.07.